The zero-order valence-electron chi connectivity index (χ0n) is 14.2. The van der Waals surface area contributed by atoms with Crippen molar-refractivity contribution in [1.82, 2.24) is 10.2 Å². The highest BCUT2D eigenvalue weighted by molar-refractivity contribution is 6.39. The fourth-order valence-corrected chi connectivity index (χ4v) is 3.01. The van der Waals surface area contributed by atoms with Crippen molar-refractivity contribution in [2.45, 2.75) is 32.7 Å². The third-order valence-corrected chi connectivity index (χ3v) is 4.35. The average Bonchev–Trinajstić information content (AvgIpc) is 3.09. The van der Waals surface area contributed by atoms with Crippen molar-refractivity contribution < 1.29 is 9.59 Å². The number of nitrogens with zero attached hydrogens (tertiary/aromatic N) is 2. The molecule has 1 aromatic carbocycles. The minimum atomic E-state index is -0.748. The zero-order valence-corrected chi connectivity index (χ0v) is 14.2. The summed E-state index contributed by atoms with van der Waals surface area (Å²) < 4.78 is 0. The van der Waals surface area contributed by atoms with Gasteiger partial charge in [-0.2, -0.15) is 5.26 Å². The summed E-state index contributed by atoms with van der Waals surface area (Å²) >= 11 is 0. The third-order valence-electron chi connectivity index (χ3n) is 4.35. The molecule has 128 valence electrons. The van der Waals surface area contributed by atoms with Crippen LogP contribution in [0.2, 0.25) is 0 Å². The van der Waals surface area contributed by atoms with E-state index < -0.39 is 11.8 Å². The molecule has 6 heteroatoms. The van der Waals surface area contributed by atoms with E-state index in [1.54, 1.807) is 24.3 Å². The van der Waals surface area contributed by atoms with Gasteiger partial charge >= 0.3 is 11.8 Å². The third kappa shape index (κ3) is 4.56. The summed E-state index contributed by atoms with van der Waals surface area (Å²) in [6.07, 6.45) is 2.37. The Kier molecular flexibility index (Phi) is 6.33. The second-order valence-corrected chi connectivity index (χ2v) is 6.38. The maximum atomic E-state index is 12.1. The minimum absolute atomic E-state index is 0.232. The van der Waals surface area contributed by atoms with Crippen LogP contribution in [0.4, 0.5) is 5.69 Å². The number of nitriles is 1. The predicted molar refractivity (Wildman–Crippen MR) is 92.2 cm³/mol. The summed E-state index contributed by atoms with van der Waals surface area (Å²) in [6, 6.07) is 8.83. The number of benzene rings is 1. The molecule has 0 aliphatic carbocycles. The van der Waals surface area contributed by atoms with Crippen molar-refractivity contribution in [3.63, 3.8) is 0 Å². The lowest BCUT2D eigenvalue weighted by Crippen LogP contribution is -2.47. The van der Waals surface area contributed by atoms with Crippen molar-refractivity contribution in [3.05, 3.63) is 29.8 Å². The van der Waals surface area contributed by atoms with Crippen molar-refractivity contribution >= 4 is 17.5 Å². The molecule has 1 atom stereocenters. The molecule has 0 radical (unpaired) electrons. The van der Waals surface area contributed by atoms with Crippen LogP contribution in [0.3, 0.4) is 0 Å². The first-order chi connectivity index (χ1) is 11.5. The van der Waals surface area contributed by atoms with Crippen LogP contribution in [0.15, 0.2) is 24.3 Å². The number of amides is 2. The molecule has 0 unspecified atom stereocenters. The monoisotopic (exact) mass is 328 g/mol. The molecule has 2 rings (SSSR count). The second-order valence-electron chi connectivity index (χ2n) is 6.38. The lowest BCUT2D eigenvalue weighted by Gasteiger charge is -2.30. The molecule has 0 aromatic heterocycles. The lowest BCUT2D eigenvalue weighted by molar-refractivity contribution is -0.136. The van der Waals surface area contributed by atoms with Crippen LogP contribution >= 0.6 is 0 Å². The molecule has 1 aliphatic heterocycles. The minimum Gasteiger partial charge on any atom is -0.346 e. The Morgan fingerprint density at radius 3 is 2.50 bits per heavy atom. The first-order valence-corrected chi connectivity index (χ1v) is 8.35. The molecule has 1 heterocycles. The van der Waals surface area contributed by atoms with Gasteiger partial charge in [0.25, 0.3) is 0 Å². The Hall–Kier alpha value is -2.39. The summed E-state index contributed by atoms with van der Waals surface area (Å²) in [5.74, 6) is -1.03. The summed E-state index contributed by atoms with van der Waals surface area (Å²) in [7, 11) is 0. The molecule has 6 nitrogen and oxygen atoms in total. The van der Waals surface area contributed by atoms with Gasteiger partial charge in [0.2, 0.25) is 0 Å². The van der Waals surface area contributed by atoms with E-state index in [0.717, 1.165) is 13.1 Å². The van der Waals surface area contributed by atoms with E-state index >= 15 is 0 Å². The molecule has 1 saturated heterocycles. The lowest BCUT2D eigenvalue weighted by atomic mass is 10.0. The maximum Gasteiger partial charge on any atom is 0.313 e. The van der Waals surface area contributed by atoms with Gasteiger partial charge in [-0.15, -0.1) is 0 Å². The Balaban J connectivity index is 1.91. The highest BCUT2D eigenvalue weighted by Gasteiger charge is 2.26. The van der Waals surface area contributed by atoms with E-state index in [1.165, 1.54) is 12.8 Å². The molecule has 1 aromatic rings. The van der Waals surface area contributed by atoms with Crippen LogP contribution in [-0.2, 0) is 9.59 Å². The second kappa shape index (κ2) is 8.46. The highest BCUT2D eigenvalue weighted by atomic mass is 16.2. The fourth-order valence-electron chi connectivity index (χ4n) is 3.01. The van der Waals surface area contributed by atoms with Gasteiger partial charge in [0, 0.05) is 12.6 Å². The number of carbonyl (C=O) groups is 2. The molecule has 2 amide bonds. The number of carbonyl (C=O) groups excluding carboxylic acids is 2. The molecule has 24 heavy (non-hydrogen) atoms. The van der Waals surface area contributed by atoms with Gasteiger partial charge in [-0.05, 0) is 44.0 Å². The summed E-state index contributed by atoms with van der Waals surface area (Å²) in [6.45, 7) is 6.78. The van der Waals surface area contributed by atoms with E-state index in [1.807, 2.05) is 6.07 Å². The van der Waals surface area contributed by atoms with E-state index in [9.17, 15) is 9.59 Å². The maximum absolute atomic E-state index is 12.1. The topological polar surface area (TPSA) is 85.2 Å². The molecule has 1 aliphatic rings. The quantitative estimate of drug-likeness (QED) is 0.806. The molecular formula is C18H24N4O2. The van der Waals surface area contributed by atoms with Gasteiger partial charge in [-0.3, -0.25) is 14.5 Å². The number of rotatable bonds is 5. The Morgan fingerprint density at radius 1 is 1.21 bits per heavy atom. The van der Waals surface area contributed by atoms with Crippen LogP contribution < -0.4 is 10.6 Å². The highest BCUT2D eigenvalue weighted by Crippen LogP contribution is 2.17. The largest absolute Gasteiger partial charge is 0.346 e. The fraction of sp³-hybridized carbons (Fsp3) is 0.500. The number of anilines is 1. The Labute approximate surface area is 142 Å². The van der Waals surface area contributed by atoms with E-state index in [-0.39, 0.29) is 6.04 Å². The van der Waals surface area contributed by atoms with E-state index in [0.29, 0.717) is 23.7 Å². The average molecular weight is 328 g/mol. The van der Waals surface area contributed by atoms with Crippen LogP contribution in [0.1, 0.15) is 32.3 Å². The summed E-state index contributed by atoms with van der Waals surface area (Å²) in [4.78, 5) is 26.5. The Bertz CT molecular complexity index is 630. The van der Waals surface area contributed by atoms with Gasteiger partial charge in [0.1, 0.15) is 6.07 Å². The van der Waals surface area contributed by atoms with Crippen LogP contribution in [0.25, 0.3) is 0 Å². The molecule has 0 saturated carbocycles. The van der Waals surface area contributed by atoms with E-state index in [2.05, 4.69) is 29.4 Å². The SMILES string of the molecule is CC(C)[C@@H](CNC(=O)C(=O)Nc1ccccc1C#N)N1CCCC1. The standard InChI is InChI=1S/C18H24N4O2/c1-13(2)16(22-9-5-6-10-22)12-20-17(23)18(24)21-15-8-4-3-7-14(15)11-19/h3-4,7-8,13,16H,5-6,9-10,12H2,1-2H3,(H,20,23)(H,21,24)/t16-/m1/s1. The van der Waals surface area contributed by atoms with Crippen LogP contribution in [0.5, 0.6) is 0 Å². The van der Waals surface area contributed by atoms with Crippen molar-refractivity contribution in [3.8, 4) is 6.07 Å². The van der Waals surface area contributed by atoms with Gasteiger partial charge in [0.05, 0.1) is 11.3 Å². The normalized spacial score (nSPS) is 15.8. The smallest absolute Gasteiger partial charge is 0.313 e. The number of hydrogen-bond acceptors (Lipinski definition) is 4. The van der Waals surface area contributed by atoms with Crippen molar-refractivity contribution in [2.24, 2.45) is 5.92 Å². The van der Waals surface area contributed by atoms with E-state index in [4.69, 9.17) is 5.26 Å². The molecule has 0 bridgehead atoms. The van der Waals surface area contributed by atoms with Gasteiger partial charge in [-0.1, -0.05) is 26.0 Å². The van der Waals surface area contributed by atoms with Crippen molar-refractivity contribution in [2.75, 3.05) is 25.0 Å². The van der Waals surface area contributed by atoms with Crippen LogP contribution in [-0.4, -0.2) is 42.4 Å². The zero-order chi connectivity index (χ0) is 17.5. The molecular weight excluding hydrogens is 304 g/mol. The van der Waals surface area contributed by atoms with Gasteiger partial charge in [0.15, 0.2) is 0 Å². The number of hydrogen-bond donors (Lipinski definition) is 2. The Morgan fingerprint density at radius 2 is 1.88 bits per heavy atom. The summed E-state index contributed by atoms with van der Waals surface area (Å²) in [5.41, 5.74) is 0.677. The molecule has 1 fully saturated rings. The number of para-hydroxylation sites is 1. The number of nitrogens with one attached hydrogen (secondary N) is 2. The predicted octanol–water partition coefficient (Wildman–Crippen LogP) is 1.73. The van der Waals surface area contributed by atoms with Crippen molar-refractivity contribution in [1.29, 1.82) is 5.26 Å². The van der Waals surface area contributed by atoms with Gasteiger partial charge < -0.3 is 10.6 Å². The molecule has 0 spiro atoms. The first-order valence-electron chi connectivity index (χ1n) is 8.35. The number of likely N-dealkylation sites (tertiary alicyclic amines) is 1. The van der Waals surface area contributed by atoms with Crippen LogP contribution in [0, 0.1) is 17.2 Å². The summed E-state index contributed by atoms with van der Waals surface area (Å²) in [5, 5.41) is 14.2. The first kappa shape index (κ1) is 18.0. The van der Waals surface area contributed by atoms with Gasteiger partial charge in [-0.25, -0.2) is 0 Å². The molecule has 2 N–H and O–H groups in total.